The second-order valence-electron chi connectivity index (χ2n) is 6.28. The first-order valence-corrected chi connectivity index (χ1v) is 7.06. The number of ketones is 1. The van der Waals surface area contributed by atoms with Gasteiger partial charge in [-0.1, -0.05) is 0 Å². The first-order chi connectivity index (χ1) is 9.82. The van der Waals surface area contributed by atoms with Gasteiger partial charge in [0.2, 0.25) is 0 Å². The Bertz CT molecular complexity index is 508. The van der Waals surface area contributed by atoms with Crippen molar-refractivity contribution in [1.82, 2.24) is 0 Å². The van der Waals surface area contributed by atoms with Crippen molar-refractivity contribution in [2.45, 2.75) is 39.2 Å². The van der Waals surface area contributed by atoms with E-state index in [4.69, 9.17) is 9.47 Å². The standard InChI is InChI=1S/C16H21NO4/c1-16(2,3)21-15(19)17-12-4-6-14(7-5-12)20-10-11-8-13(18)9-11/h4-7,11H,8-10H2,1-3H3,(H,17,19). The van der Waals surface area contributed by atoms with E-state index in [1.54, 1.807) is 24.3 Å². The molecule has 2 rings (SSSR count). The molecule has 0 radical (unpaired) electrons. The lowest BCUT2D eigenvalue weighted by molar-refractivity contribution is -0.127. The van der Waals surface area contributed by atoms with Crippen LogP contribution in [0.1, 0.15) is 33.6 Å². The van der Waals surface area contributed by atoms with Gasteiger partial charge in [-0.3, -0.25) is 10.1 Å². The zero-order valence-electron chi connectivity index (χ0n) is 12.6. The van der Waals surface area contributed by atoms with Crippen LogP contribution in [0.25, 0.3) is 0 Å². The number of carbonyl (C=O) groups is 2. The molecule has 0 bridgehead atoms. The van der Waals surface area contributed by atoms with Gasteiger partial charge < -0.3 is 9.47 Å². The summed E-state index contributed by atoms with van der Waals surface area (Å²) in [6.45, 7) is 6.00. The number of Topliss-reactive ketones (excluding diaryl/α,β-unsaturated/α-hetero) is 1. The molecule has 1 aliphatic carbocycles. The van der Waals surface area contributed by atoms with E-state index in [0.29, 0.717) is 36.8 Å². The van der Waals surface area contributed by atoms with Crippen molar-refractivity contribution in [2.24, 2.45) is 5.92 Å². The molecular formula is C16H21NO4. The number of benzene rings is 1. The minimum Gasteiger partial charge on any atom is -0.493 e. The SMILES string of the molecule is CC(C)(C)OC(=O)Nc1ccc(OCC2CC(=O)C2)cc1. The Morgan fingerprint density at radius 3 is 2.38 bits per heavy atom. The molecule has 1 aliphatic rings. The predicted octanol–water partition coefficient (Wildman–Crippen LogP) is 3.39. The lowest BCUT2D eigenvalue weighted by Gasteiger charge is -2.23. The molecule has 1 amide bonds. The zero-order chi connectivity index (χ0) is 15.5. The van der Waals surface area contributed by atoms with E-state index in [2.05, 4.69) is 5.32 Å². The van der Waals surface area contributed by atoms with E-state index in [1.165, 1.54) is 0 Å². The third-order valence-electron chi connectivity index (χ3n) is 3.02. The minimum absolute atomic E-state index is 0.306. The quantitative estimate of drug-likeness (QED) is 0.923. The monoisotopic (exact) mass is 291 g/mol. The van der Waals surface area contributed by atoms with Crippen LogP contribution in [-0.4, -0.2) is 24.1 Å². The molecule has 5 nitrogen and oxygen atoms in total. The fourth-order valence-corrected chi connectivity index (χ4v) is 1.97. The third-order valence-corrected chi connectivity index (χ3v) is 3.02. The number of ether oxygens (including phenoxy) is 2. The second kappa shape index (κ2) is 6.16. The highest BCUT2D eigenvalue weighted by Crippen LogP contribution is 2.24. The van der Waals surface area contributed by atoms with Crippen LogP contribution in [0.2, 0.25) is 0 Å². The molecule has 0 heterocycles. The Kier molecular flexibility index (Phi) is 4.50. The average Bonchev–Trinajstić information content (AvgIpc) is 2.32. The van der Waals surface area contributed by atoms with Crippen LogP contribution in [0.5, 0.6) is 5.75 Å². The number of anilines is 1. The van der Waals surface area contributed by atoms with E-state index in [9.17, 15) is 9.59 Å². The summed E-state index contributed by atoms with van der Waals surface area (Å²) in [5.41, 5.74) is 0.128. The second-order valence-corrected chi connectivity index (χ2v) is 6.28. The summed E-state index contributed by atoms with van der Waals surface area (Å²) in [6, 6.07) is 7.08. The molecule has 1 aromatic carbocycles. The van der Waals surface area contributed by atoms with Gasteiger partial charge >= 0.3 is 6.09 Å². The smallest absolute Gasteiger partial charge is 0.412 e. The Morgan fingerprint density at radius 2 is 1.86 bits per heavy atom. The van der Waals surface area contributed by atoms with Crippen LogP contribution in [-0.2, 0) is 9.53 Å². The fraction of sp³-hybridized carbons (Fsp3) is 0.500. The van der Waals surface area contributed by atoms with Crippen molar-refractivity contribution in [1.29, 1.82) is 0 Å². The molecule has 0 spiro atoms. The van der Waals surface area contributed by atoms with E-state index in [1.807, 2.05) is 20.8 Å². The largest absolute Gasteiger partial charge is 0.493 e. The Balaban J connectivity index is 1.78. The molecule has 0 atom stereocenters. The molecule has 1 saturated carbocycles. The molecule has 0 aliphatic heterocycles. The lowest BCUT2D eigenvalue weighted by atomic mass is 9.85. The molecule has 1 fully saturated rings. The number of rotatable bonds is 4. The number of amides is 1. The van der Waals surface area contributed by atoms with Gasteiger partial charge in [0.15, 0.2) is 0 Å². The Labute approximate surface area is 124 Å². The van der Waals surface area contributed by atoms with Gasteiger partial charge in [0.05, 0.1) is 6.61 Å². The summed E-state index contributed by atoms with van der Waals surface area (Å²) in [6.07, 6.45) is 0.764. The van der Waals surface area contributed by atoms with Gasteiger partial charge in [-0.25, -0.2) is 4.79 Å². The maximum atomic E-state index is 11.6. The maximum Gasteiger partial charge on any atom is 0.412 e. The average molecular weight is 291 g/mol. The molecule has 0 saturated heterocycles. The number of hydrogen-bond donors (Lipinski definition) is 1. The zero-order valence-corrected chi connectivity index (χ0v) is 12.6. The van der Waals surface area contributed by atoms with Crippen LogP contribution in [0, 0.1) is 5.92 Å². The first-order valence-electron chi connectivity index (χ1n) is 7.06. The predicted molar refractivity (Wildman–Crippen MR) is 79.5 cm³/mol. The molecule has 21 heavy (non-hydrogen) atoms. The highest BCUT2D eigenvalue weighted by molar-refractivity contribution is 5.85. The van der Waals surface area contributed by atoms with Gasteiger partial charge in [0.25, 0.3) is 0 Å². The van der Waals surface area contributed by atoms with E-state index < -0.39 is 11.7 Å². The van der Waals surface area contributed by atoms with Crippen molar-refractivity contribution in [3.63, 3.8) is 0 Å². The van der Waals surface area contributed by atoms with Crippen molar-refractivity contribution in [2.75, 3.05) is 11.9 Å². The third kappa shape index (κ3) is 5.10. The fourth-order valence-electron chi connectivity index (χ4n) is 1.97. The lowest BCUT2D eigenvalue weighted by Crippen LogP contribution is -2.28. The molecule has 1 aromatic rings. The first kappa shape index (κ1) is 15.4. The van der Waals surface area contributed by atoms with Crippen LogP contribution in [0.3, 0.4) is 0 Å². The normalized spacial score (nSPS) is 15.3. The van der Waals surface area contributed by atoms with E-state index >= 15 is 0 Å². The molecule has 5 heteroatoms. The van der Waals surface area contributed by atoms with Gasteiger partial charge in [0, 0.05) is 24.4 Å². The van der Waals surface area contributed by atoms with E-state index in [0.717, 1.165) is 5.75 Å². The molecule has 114 valence electrons. The van der Waals surface area contributed by atoms with E-state index in [-0.39, 0.29) is 0 Å². The van der Waals surface area contributed by atoms with Gasteiger partial charge in [-0.05, 0) is 45.0 Å². The summed E-state index contributed by atoms with van der Waals surface area (Å²) < 4.78 is 10.8. The summed E-state index contributed by atoms with van der Waals surface area (Å²) in [7, 11) is 0. The highest BCUT2D eigenvalue weighted by atomic mass is 16.6. The summed E-state index contributed by atoms with van der Waals surface area (Å²) in [5, 5.41) is 2.66. The number of carbonyl (C=O) groups excluding carboxylic acids is 2. The van der Waals surface area contributed by atoms with Gasteiger partial charge in [0.1, 0.15) is 17.1 Å². The van der Waals surface area contributed by atoms with Crippen LogP contribution in [0.4, 0.5) is 10.5 Å². The van der Waals surface area contributed by atoms with Crippen molar-refractivity contribution >= 4 is 17.6 Å². The minimum atomic E-state index is -0.520. The molecule has 1 N–H and O–H groups in total. The van der Waals surface area contributed by atoms with Gasteiger partial charge in [-0.2, -0.15) is 0 Å². The van der Waals surface area contributed by atoms with Crippen molar-refractivity contribution in [3.8, 4) is 5.75 Å². The topological polar surface area (TPSA) is 64.6 Å². The molecule has 0 unspecified atom stereocenters. The van der Waals surface area contributed by atoms with Crippen molar-refractivity contribution in [3.05, 3.63) is 24.3 Å². The number of nitrogens with one attached hydrogen (secondary N) is 1. The van der Waals surface area contributed by atoms with Crippen molar-refractivity contribution < 1.29 is 19.1 Å². The maximum absolute atomic E-state index is 11.6. The summed E-state index contributed by atoms with van der Waals surface area (Å²) >= 11 is 0. The number of hydrogen-bond acceptors (Lipinski definition) is 4. The summed E-state index contributed by atoms with van der Waals surface area (Å²) in [4.78, 5) is 22.5. The van der Waals surface area contributed by atoms with Crippen LogP contribution < -0.4 is 10.1 Å². The highest BCUT2D eigenvalue weighted by Gasteiger charge is 2.26. The Hall–Kier alpha value is -2.04. The van der Waals surface area contributed by atoms with Crippen LogP contribution in [0.15, 0.2) is 24.3 Å². The molecular weight excluding hydrogens is 270 g/mol. The summed E-state index contributed by atoms with van der Waals surface area (Å²) in [5.74, 6) is 1.38. The Morgan fingerprint density at radius 1 is 1.24 bits per heavy atom. The van der Waals surface area contributed by atoms with Crippen LogP contribution >= 0.6 is 0 Å². The molecule has 0 aromatic heterocycles. The van der Waals surface area contributed by atoms with Gasteiger partial charge in [-0.15, -0.1) is 0 Å².